The first-order chi connectivity index (χ1) is 7.08. The van der Waals surface area contributed by atoms with Crippen molar-refractivity contribution in [2.75, 3.05) is 5.73 Å². The van der Waals surface area contributed by atoms with Gasteiger partial charge in [-0.15, -0.1) is 0 Å². The Bertz CT molecular complexity index is 505. The predicted octanol–water partition coefficient (Wildman–Crippen LogP) is 1.53. The van der Waals surface area contributed by atoms with E-state index in [1.54, 1.807) is 10.9 Å². The monoisotopic (exact) mass is 267 g/mol. The van der Waals surface area contributed by atoms with Crippen LogP contribution in [0.4, 0.5) is 5.82 Å². The molecular weight excluding hydrogens is 258 g/mol. The van der Waals surface area contributed by atoms with Gasteiger partial charge in [-0.1, -0.05) is 0 Å². The first-order valence-corrected chi connectivity index (χ1v) is 5.16. The van der Waals surface area contributed by atoms with Crippen molar-refractivity contribution in [1.82, 2.24) is 19.7 Å². The van der Waals surface area contributed by atoms with Gasteiger partial charge in [0.1, 0.15) is 16.1 Å². The number of aryl methyl sites for hydroxylation is 2. The van der Waals surface area contributed by atoms with Gasteiger partial charge in [-0.25, -0.2) is 9.97 Å². The van der Waals surface area contributed by atoms with Crippen LogP contribution in [0.3, 0.4) is 0 Å². The third-order valence-corrected chi connectivity index (χ3v) is 2.42. The summed E-state index contributed by atoms with van der Waals surface area (Å²) < 4.78 is 2.39. The Balaban J connectivity index is 2.62. The molecule has 2 heterocycles. The third kappa shape index (κ3) is 1.85. The number of aromatic nitrogens is 4. The SMILES string of the molecule is Cc1nn(C)cc1-c1nc(Br)cnc1N. The molecule has 0 saturated heterocycles. The van der Waals surface area contributed by atoms with Crippen molar-refractivity contribution in [3.63, 3.8) is 0 Å². The maximum atomic E-state index is 5.77. The van der Waals surface area contributed by atoms with E-state index in [1.165, 1.54) is 0 Å². The van der Waals surface area contributed by atoms with Crippen LogP contribution >= 0.6 is 15.9 Å². The molecule has 2 aromatic rings. The quantitative estimate of drug-likeness (QED) is 0.851. The maximum Gasteiger partial charge on any atom is 0.150 e. The largest absolute Gasteiger partial charge is 0.382 e. The molecule has 78 valence electrons. The fraction of sp³-hybridized carbons (Fsp3) is 0.222. The Morgan fingerprint density at radius 3 is 2.80 bits per heavy atom. The molecule has 0 spiro atoms. The standard InChI is InChI=1S/C9H10BrN5/c1-5-6(4-15(2)14-5)8-9(11)12-3-7(10)13-8/h3-4H,1-2H3,(H2,11,12). The number of halogens is 1. The fourth-order valence-corrected chi connectivity index (χ4v) is 1.69. The topological polar surface area (TPSA) is 69.6 Å². The molecule has 2 rings (SSSR count). The summed E-state index contributed by atoms with van der Waals surface area (Å²) in [5.74, 6) is 0.411. The molecule has 0 unspecified atom stereocenters. The highest BCUT2D eigenvalue weighted by Crippen LogP contribution is 2.25. The lowest BCUT2D eigenvalue weighted by Gasteiger charge is -2.02. The first kappa shape index (κ1) is 10.1. The lowest BCUT2D eigenvalue weighted by molar-refractivity contribution is 0.756. The van der Waals surface area contributed by atoms with Gasteiger partial charge < -0.3 is 5.73 Å². The highest BCUT2D eigenvalue weighted by Gasteiger charge is 2.12. The van der Waals surface area contributed by atoms with Crippen LogP contribution in [0.25, 0.3) is 11.3 Å². The van der Waals surface area contributed by atoms with Gasteiger partial charge in [0.05, 0.1) is 11.9 Å². The van der Waals surface area contributed by atoms with E-state index in [4.69, 9.17) is 5.73 Å². The molecule has 0 aliphatic rings. The highest BCUT2D eigenvalue weighted by molar-refractivity contribution is 9.10. The Morgan fingerprint density at radius 1 is 1.47 bits per heavy atom. The van der Waals surface area contributed by atoms with Crippen LogP contribution in [0, 0.1) is 6.92 Å². The van der Waals surface area contributed by atoms with Gasteiger partial charge in [-0.05, 0) is 22.9 Å². The van der Waals surface area contributed by atoms with E-state index in [1.807, 2.05) is 20.2 Å². The zero-order chi connectivity index (χ0) is 11.0. The molecule has 0 amide bonds. The minimum Gasteiger partial charge on any atom is -0.382 e. The molecule has 0 aliphatic carbocycles. The summed E-state index contributed by atoms with van der Waals surface area (Å²) in [6.07, 6.45) is 3.45. The van der Waals surface area contributed by atoms with Gasteiger partial charge in [0.15, 0.2) is 0 Å². The average Bonchev–Trinajstić information content (AvgIpc) is 2.50. The molecular formula is C9H10BrN5. The lowest BCUT2D eigenvalue weighted by Crippen LogP contribution is -1.97. The van der Waals surface area contributed by atoms with Crippen LogP contribution in [-0.2, 0) is 7.05 Å². The van der Waals surface area contributed by atoms with Gasteiger partial charge in [-0.2, -0.15) is 5.10 Å². The summed E-state index contributed by atoms with van der Waals surface area (Å²) in [4.78, 5) is 8.33. The minimum atomic E-state index is 0.411. The molecule has 2 N–H and O–H groups in total. The molecule has 0 radical (unpaired) electrons. The summed E-state index contributed by atoms with van der Waals surface area (Å²) in [5, 5.41) is 4.24. The van der Waals surface area contributed by atoms with Crippen molar-refractivity contribution < 1.29 is 0 Å². The molecule has 0 aromatic carbocycles. The number of rotatable bonds is 1. The lowest BCUT2D eigenvalue weighted by atomic mass is 10.2. The van der Waals surface area contributed by atoms with Crippen LogP contribution in [0.15, 0.2) is 17.0 Å². The Labute approximate surface area is 95.5 Å². The van der Waals surface area contributed by atoms with Crippen molar-refractivity contribution in [3.05, 3.63) is 22.7 Å². The van der Waals surface area contributed by atoms with Crippen LogP contribution < -0.4 is 5.73 Å². The Hall–Kier alpha value is -1.43. The van der Waals surface area contributed by atoms with E-state index in [0.717, 1.165) is 11.3 Å². The van der Waals surface area contributed by atoms with Crippen LogP contribution in [-0.4, -0.2) is 19.7 Å². The van der Waals surface area contributed by atoms with Gasteiger partial charge in [0, 0.05) is 18.8 Å². The Kier molecular flexibility index (Phi) is 2.44. The Morgan fingerprint density at radius 2 is 2.20 bits per heavy atom. The number of anilines is 1. The zero-order valence-electron chi connectivity index (χ0n) is 8.40. The molecule has 15 heavy (non-hydrogen) atoms. The molecule has 0 fully saturated rings. The smallest absolute Gasteiger partial charge is 0.150 e. The van der Waals surface area contributed by atoms with Gasteiger partial charge in [0.2, 0.25) is 0 Å². The van der Waals surface area contributed by atoms with Crippen molar-refractivity contribution in [3.8, 4) is 11.3 Å². The van der Waals surface area contributed by atoms with E-state index in [-0.39, 0.29) is 0 Å². The summed E-state index contributed by atoms with van der Waals surface area (Å²) in [7, 11) is 1.86. The number of hydrogen-bond acceptors (Lipinski definition) is 4. The predicted molar refractivity (Wildman–Crippen MR) is 61.1 cm³/mol. The van der Waals surface area contributed by atoms with Crippen LogP contribution in [0.1, 0.15) is 5.69 Å². The van der Waals surface area contributed by atoms with Crippen molar-refractivity contribution in [2.24, 2.45) is 7.05 Å². The molecule has 0 bridgehead atoms. The van der Waals surface area contributed by atoms with Crippen molar-refractivity contribution in [2.45, 2.75) is 6.92 Å². The van der Waals surface area contributed by atoms with Crippen LogP contribution in [0.5, 0.6) is 0 Å². The summed E-state index contributed by atoms with van der Waals surface area (Å²) >= 11 is 3.27. The maximum absolute atomic E-state index is 5.77. The van der Waals surface area contributed by atoms with Gasteiger partial charge >= 0.3 is 0 Å². The molecule has 5 nitrogen and oxygen atoms in total. The second-order valence-electron chi connectivity index (χ2n) is 3.23. The number of hydrogen-bond donors (Lipinski definition) is 1. The minimum absolute atomic E-state index is 0.411. The summed E-state index contributed by atoms with van der Waals surface area (Å²) in [5.41, 5.74) is 8.22. The molecule has 0 saturated carbocycles. The summed E-state index contributed by atoms with van der Waals surface area (Å²) in [6.45, 7) is 1.91. The number of nitrogens with zero attached hydrogens (tertiary/aromatic N) is 4. The third-order valence-electron chi connectivity index (χ3n) is 2.04. The van der Waals surface area contributed by atoms with Crippen molar-refractivity contribution >= 4 is 21.7 Å². The van der Waals surface area contributed by atoms with E-state index in [0.29, 0.717) is 16.1 Å². The van der Waals surface area contributed by atoms with E-state index in [2.05, 4.69) is 31.0 Å². The average molecular weight is 268 g/mol. The molecule has 6 heteroatoms. The van der Waals surface area contributed by atoms with Crippen molar-refractivity contribution in [1.29, 1.82) is 0 Å². The molecule has 0 aliphatic heterocycles. The normalized spacial score (nSPS) is 10.6. The first-order valence-electron chi connectivity index (χ1n) is 4.36. The number of nitrogen functional groups attached to an aromatic ring is 1. The second kappa shape index (κ2) is 3.62. The molecule has 2 aromatic heterocycles. The highest BCUT2D eigenvalue weighted by atomic mass is 79.9. The van der Waals surface area contributed by atoms with E-state index in [9.17, 15) is 0 Å². The second-order valence-corrected chi connectivity index (χ2v) is 4.04. The zero-order valence-corrected chi connectivity index (χ0v) is 9.98. The van der Waals surface area contributed by atoms with E-state index >= 15 is 0 Å². The van der Waals surface area contributed by atoms with Gasteiger partial charge in [-0.3, -0.25) is 4.68 Å². The molecule has 0 atom stereocenters. The van der Waals surface area contributed by atoms with E-state index < -0.39 is 0 Å². The fourth-order valence-electron chi connectivity index (χ4n) is 1.41. The van der Waals surface area contributed by atoms with Crippen LogP contribution in [0.2, 0.25) is 0 Å². The number of nitrogens with two attached hydrogens (primary N) is 1. The van der Waals surface area contributed by atoms with Gasteiger partial charge in [0.25, 0.3) is 0 Å². The summed E-state index contributed by atoms with van der Waals surface area (Å²) in [6, 6.07) is 0.